The first-order valence-corrected chi connectivity index (χ1v) is 7.58. The summed E-state index contributed by atoms with van der Waals surface area (Å²) in [6.45, 7) is 0. The van der Waals surface area contributed by atoms with Crippen LogP contribution in [0.15, 0.2) is 29.2 Å². The maximum atomic E-state index is 12.5. The van der Waals surface area contributed by atoms with Crippen molar-refractivity contribution in [3.63, 3.8) is 0 Å². The highest BCUT2D eigenvalue weighted by Crippen LogP contribution is 2.29. The van der Waals surface area contributed by atoms with E-state index in [2.05, 4.69) is 4.74 Å². The highest BCUT2D eigenvalue weighted by atomic mass is 32.2. The molecule has 2 rings (SSSR count). The number of methoxy groups -OCH3 is 1. The second-order valence-electron chi connectivity index (χ2n) is 4.59. The molecule has 1 fully saturated rings. The SMILES string of the molecule is COC(=O)c1ccccc1S(=O)(=O)N(C)C1CCC1. The minimum Gasteiger partial charge on any atom is -0.465 e. The molecule has 0 bridgehead atoms. The third-order valence-corrected chi connectivity index (χ3v) is 5.51. The Balaban J connectivity index is 2.42. The number of sulfonamides is 1. The normalized spacial score (nSPS) is 16.2. The van der Waals surface area contributed by atoms with Crippen molar-refractivity contribution in [3.05, 3.63) is 29.8 Å². The monoisotopic (exact) mass is 283 g/mol. The Labute approximate surface area is 113 Å². The number of ether oxygens (including phenoxy) is 1. The molecule has 0 unspecified atom stereocenters. The van der Waals surface area contributed by atoms with E-state index in [1.54, 1.807) is 19.2 Å². The van der Waals surface area contributed by atoms with Crippen molar-refractivity contribution in [2.75, 3.05) is 14.2 Å². The summed E-state index contributed by atoms with van der Waals surface area (Å²) >= 11 is 0. The van der Waals surface area contributed by atoms with Crippen molar-refractivity contribution in [3.8, 4) is 0 Å². The average molecular weight is 283 g/mol. The van der Waals surface area contributed by atoms with E-state index in [-0.39, 0.29) is 16.5 Å². The molecule has 0 atom stereocenters. The van der Waals surface area contributed by atoms with Crippen LogP contribution in [0.1, 0.15) is 29.6 Å². The lowest BCUT2D eigenvalue weighted by molar-refractivity contribution is 0.0596. The van der Waals surface area contributed by atoms with Crippen molar-refractivity contribution in [1.82, 2.24) is 4.31 Å². The quantitative estimate of drug-likeness (QED) is 0.788. The molecule has 1 aliphatic rings. The predicted octanol–water partition coefficient (Wildman–Crippen LogP) is 1.65. The molecule has 0 aromatic heterocycles. The second-order valence-corrected chi connectivity index (χ2v) is 6.56. The van der Waals surface area contributed by atoms with E-state index in [9.17, 15) is 13.2 Å². The number of esters is 1. The summed E-state index contributed by atoms with van der Waals surface area (Å²) in [5.41, 5.74) is 0.0798. The zero-order valence-corrected chi connectivity index (χ0v) is 11.8. The Morgan fingerprint density at radius 3 is 2.47 bits per heavy atom. The van der Waals surface area contributed by atoms with E-state index < -0.39 is 16.0 Å². The first kappa shape index (κ1) is 14.0. The number of rotatable bonds is 4. The lowest BCUT2D eigenvalue weighted by atomic mass is 9.94. The second kappa shape index (κ2) is 5.30. The van der Waals surface area contributed by atoms with Crippen LogP contribution in [0.5, 0.6) is 0 Å². The van der Waals surface area contributed by atoms with Gasteiger partial charge in [0.05, 0.1) is 17.6 Å². The summed E-state index contributed by atoms with van der Waals surface area (Å²) in [7, 11) is -0.852. The molecule has 5 nitrogen and oxygen atoms in total. The van der Waals surface area contributed by atoms with E-state index in [1.807, 2.05) is 0 Å². The highest BCUT2D eigenvalue weighted by Gasteiger charge is 2.34. The maximum absolute atomic E-state index is 12.5. The summed E-state index contributed by atoms with van der Waals surface area (Å²) in [4.78, 5) is 11.7. The van der Waals surface area contributed by atoms with Gasteiger partial charge < -0.3 is 4.74 Å². The van der Waals surface area contributed by atoms with Gasteiger partial charge in [0.2, 0.25) is 10.0 Å². The summed E-state index contributed by atoms with van der Waals surface area (Å²) < 4.78 is 31.0. The molecular weight excluding hydrogens is 266 g/mol. The minimum atomic E-state index is -3.65. The Morgan fingerprint density at radius 2 is 1.95 bits per heavy atom. The minimum absolute atomic E-state index is 0.0104. The molecule has 1 aliphatic carbocycles. The lowest BCUT2D eigenvalue weighted by Crippen LogP contribution is -2.41. The van der Waals surface area contributed by atoms with Crippen molar-refractivity contribution in [2.45, 2.75) is 30.2 Å². The standard InChI is InChI=1S/C13H17NO4S/c1-14(10-6-5-7-10)19(16,17)12-9-4-3-8-11(12)13(15)18-2/h3-4,8-10H,5-7H2,1-2H3. The van der Waals surface area contributed by atoms with E-state index in [0.717, 1.165) is 19.3 Å². The van der Waals surface area contributed by atoms with E-state index in [4.69, 9.17) is 0 Å². The molecule has 0 N–H and O–H groups in total. The Kier molecular flexibility index (Phi) is 3.91. The zero-order valence-electron chi connectivity index (χ0n) is 11.0. The van der Waals surface area contributed by atoms with Crippen molar-refractivity contribution in [2.24, 2.45) is 0 Å². The van der Waals surface area contributed by atoms with E-state index in [1.165, 1.54) is 23.5 Å². The first-order valence-electron chi connectivity index (χ1n) is 6.14. The largest absolute Gasteiger partial charge is 0.465 e. The van der Waals surface area contributed by atoms with Crippen LogP contribution in [0.25, 0.3) is 0 Å². The number of nitrogens with zero attached hydrogens (tertiary/aromatic N) is 1. The molecule has 1 aromatic rings. The molecule has 19 heavy (non-hydrogen) atoms. The number of hydrogen-bond acceptors (Lipinski definition) is 4. The van der Waals surface area contributed by atoms with Crippen molar-refractivity contribution < 1.29 is 17.9 Å². The molecule has 0 heterocycles. The van der Waals surface area contributed by atoms with Crippen LogP contribution in [0.3, 0.4) is 0 Å². The van der Waals surface area contributed by atoms with E-state index in [0.29, 0.717) is 0 Å². The zero-order chi connectivity index (χ0) is 14.0. The molecule has 1 saturated carbocycles. The van der Waals surface area contributed by atoms with Gasteiger partial charge in [0.25, 0.3) is 0 Å². The van der Waals surface area contributed by atoms with Crippen LogP contribution >= 0.6 is 0 Å². The fourth-order valence-corrected chi connectivity index (χ4v) is 3.67. The van der Waals surface area contributed by atoms with Gasteiger partial charge in [-0.3, -0.25) is 0 Å². The average Bonchev–Trinajstić information content (AvgIpc) is 2.35. The fraction of sp³-hybridized carbons (Fsp3) is 0.462. The molecule has 104 valence electrons. The molecule has 0 amide bonds. The summed E-state index contributed by atoms with van der Waals surface area (Å²) in [6, 6.07) is 6.17. The third kappa shape index (κ3) is 2.50. The highest BCUT2D eigenvalue weighted by molar-refractivity contribution is 7.89. The third-order valence-electron chi connectivity index (χ3n) is 3.54. The Hall–Kier alpha value is -1.40. The molecular formula is C13H17NO4S. The lowest BCUT2D eigenvalue weighted by Gasteiger charge is -2.34. The smallest absolute Gasteiger partial charge is 0.339 e. The molecule has 0 spiro atoms. The molecule has 6 heteroatoms. The van der Waals surface area contributed by atoms with Gasteiger partial charge >= 0.3 is 5.97 Å². The summed E-state index contributed by atoms with van der Waals surface area (Å²) in [6.07, 6.45) is 2.79. The van der Waals surface area contributed by atoms with E-state index >= 15 is 0 Å². The number of carbonyl (C=O) groups excluding carboxylic acids is 1. The van der Waals surface area contributed by atoms with Gasteiger partial charge in [-0.2, -0.15) is 4.31 Å². The van der Waals surface area contributed by atoms with Crippen LogP contribution in [-0.4, -0.2) is 38.9 Å². The summed E-state index contributed by atoms with van der Waals surface area (Å²) in [5, 5.41) is 0. The van der Waals surface area contributed by atoms with Crippen LogP contribution in [0.4, 0.5) is 0 Å². The molecule has 0 saturated heterocycles. The van der Waals surface area contributed by atoms with Crippen LogP contribution < -0.4 is 0 Å². The van der Waals surface area contributed by atoms with Crippen LogP contribution in [0.2, 0.25) is 0 Å². The van der Waals surface area contributed by atoms with Gasteiger partial charge in [0, 0.05) is 13.1 Å². The number of hydrogen-bond donors (Lipinski definition) is 0. The van der Waals surface area contributed by atoms with Gasteiger partial charge in [-0.1, -0.05) is 18.6 Å². The van der Waals surface area contributed by atoms with Crippen molar-refractivity contribution >= 4 is 16.0 Å². The Morgan fingerprint density at radius 1 is 1.32 bits per heavy atom. The van der Waals surface area contributed by atoms with Crippen LogP contribution in [0, 0.1) is 0 Å². The van der Waals surface area contributed by atoms with Gasteiger partial charge in [0.1, 0.15) is 0 Å². The Bertz CT molecular complexity index is 578. The molecule has 1 aromatic carbocycles. The van der Waals surface area contributed by atoms with Gasteiger partial charge in [-0.25, -0.2) is 13.2 Å². The fourth-order valence-electron chi connectivity index (χ4n) is 2.07. The predicted molar refractivity (Wildman–Crippen MR) is 70.4 cm³/mol. The first-order chi connectivity index (χ1) is 8.98. The van der Waals surface area contributed by atoms with Gasteiger partial charge in [0.15, 0.2) is 0 Å². The number of carbonyl (C=O) groups is 1. The molecule has 0 radical (unpaired) electrons. The topological polar surface area (TPSA) is 63.7 Å². The van der Waals surface area contributed by atoms with Crippen molar-refractivity contribution in [1.29, 1.82) is 0 Å². The van der Waals surface area contributed by atoms with Crippen LogP contribution in [-0.2, 0) is 14.8 Å². The van der Waals surface area contributed by atoms with Gasteiger partial charge in [-0.15, -0.1) is 0 Å². The summed E-state index contributed by atoms with van der Waals surface area (Å²) in [5.74, 6) is -0.638. The maximum Gasteiger partial charge on any atom is 0.339 e. The van der Waals surface area contributed by atoms with Gasteiger partial charge in [-0.05, 0) is 25.0 Å². The molecule has 0 aliphatic heterocycles. The number of benzene rings is 1.